The zero-order valence-electron chi connectivity index (χ0n) is 14.2. The first-order valence-electron chi connectivity index (χ1n) is 8.50. The number of fused-ring (bicyclic) bond motifs is 1. The number of urea groups is 1. The molecule has 0 aromatic heterocycles. The van der Waals surface area contributed by atoms with Gasteiger partial charge >= 0.3 is 6.03 Å². The molecule has 1 aliphatic heterocycles. The molecule has 0 aliphatic carbocycles. The van der Waals surface area contributed by atoms with Crippen molar-refractivity contribution in [1.29, 1.82) is 0 Å². The van der Waals surface area contributed by atoms with Crippen LogP contribution in [-0.4, -0.2) is 23.2 Å². The standard InChI is InChI=1S/C20H24N2O2/c1-14(7-8-16-9-11-18(23)12-10-16)21-20(24)22-15(2)13-17-5-3-4-6-19(17)22/h3-6,9-12,14-15,23H,7-8,13H2,1-2H3,(H,21,24). The van der Waals surface area contributed by atoms with Crippen LogP contribution in [-0.2, 0) is 12.8 Å². The second-order valence-corrected chi connectivity index (χ2v) is 6.61. The van der Waals surface area contributed by atoms with Crippen molar-refractivity contribution in [1.82, 2.24) is 5.32 Å². The Labute approximate surface area is 143 Å². The fourth-order valence-electron chi connectivity index (χ4n) is 3.27. The number of nitrogens with one attached hydrogen (secondary N) is 1. The van der Waals surface area contributed by atoms with Crippen LogP contribution in [0.4, 0.5) is 10.5 Å². The average Bonchev–Trinajstić information content (AvgIpc) is 2.90. The highest BCUT2D eigenvalue weighted by atomic mass is 16.3. The molecular formula is C20H24N2O2. The first-order valence-corrected chi connectivity index (χ1v) is 8.50. The van der Waals surface area contributed by atoms with E-state index in [4.69, 9.17) is 0 Å². The minimum Gasteiger partial charge on any atom is -0.508 e. The smallest absolute Gasteiger partial charge is 0.322 e. The molecule has 2 unspecified atom stereocenters. The number of nitrogens with zero attached hydrogens (tertiary/aromatic N) is 1. The number of carbonyl (C=O) groups is 1. The number of carbonyl (C=O) groups excluding carboxylic acids is 1. The van der Waals surface area contributed by atoms with Crippen molar-refractivity contribution in [3.63, 3.8) is 0 Å². The van der Waals surface area contributed by atoms with Gasteiger partial charge in [0.1, 0.15) is 5.75 Å². The van der Waals surface area contributed by atoms with Crippen LogP contribution in [0.15, 0.2) is 48.5 Å². The first kappa shape index (κ1) is 16.4. The number of rotatable bonds is 4. The van der Waals surface area contributed by atoms with Crippen molar-refractivity contribution in [3.8, 4) is 5.75 Å². The van der Waals surface area contributed by atoms with Crippen molar-refractivity contribution < 1.29 is 9.90 Å². The molecule has 3 rings (SSSR count). The largest absolute Gasteiger partial charge is 0.508 e. The van der Waals surface area contributed by atoms with Crippen molar-refractivity contribution in [2.45, 2.75) is 45.2 Å². The Kier molecular flexibility index (Phi) is 4.74. The third kappa shape index (κ3) is 3.53. The van der Waals surface area contributed by atoms with Crippen LogP contribution in [0.2, 0.25) is 0 Å². The summed E-state index contributed by atoms with van der Waals surface area (Å²) in [6.45, 7) is 4.12. The maximum absolute atomic E-state index is 12.7. The Morgan fingerprint density at radius 1 is 1.25 bits per heavy atom. The van der Waals surface area contributed by atoms with Crippen LogP contribution >= 0.6 is 0 Å². The Balaban J connectivity index is 1.57. The lowest BCUT2D eigenvalue weighted by molar-refractivity contribution is 0.241. The van der Waals surface area contributed by atoms with Crippen LogP contribution in [0.25, 0.3) is 0 Å². The summed E-state index contributed by atoms with van der Waals surface area (Å²) >= 11 is 0. The van der Waals surface area contributed by atoms with Crippen molar-refractivity contribution in [2.75, 3.05) is 4.90 Å². The molecule has 1 heterocycles. The van der Waals surface area contributed by atoms with Crippen LogP contribution in [0, 0.1) is 0 Å². The van der Waals surface area contributed by atoms with Gasteiger partial charge in [0, 0.05) is 17.8 Å². The highest BCUT2D eigenvalue weighted by Crippen LogP contribution is 2.31. The molecule has 0 fully saturated rings. The molecule has 126 valence electrons. The van der Waals surface area contributed by atoms with Gasteiger partial charge in [0.15, 0.2) is 0 Å². The van der Waals surface area contributed by atoms with Gasteiger partial charge in [-0.1, -0.05) is 30.3 Å². The van der Waals surface area contributed by atoms with Crippen LogP contribution in [0.5, 0.6) is 5.75 Å². The average molecular weight is 324 g/mol. The number of aromatic hydroxyl groups is 1. The predicted octanol–water partition coefficient (Wildman–Crippen LogP) is 3.87. The molecule has 2 aromatic carbocycles. The molecule has 2 N–H and O–H groups in total. The molecule has 2 atom stereocenters. The number of benzene rings is 2. The quantitative estimate of drug-likeness (QED) is 0.897. The van der Waals surface area contributed by atoms with E-state index in [0.29, 0.717) is 0 Å². The molecule has 0 radical (unpaired) electrons. The van der Waals surface area contributed by atoms with Crippen molar-refractivity contribution in [2.24, 2.45) is 0 Å². The second kappa shape index (κ2) is 6.95. The van der Waals surface area contributed by atoms with Gasteiger partial charge in [0.2, 0.25) is 0 Å². The topological polar surface area (TPSA) is 52.6 Å². The van der Waals surface area contributed by atoms with E-state index in [9.17, 15) is 9.90 Å². The number of phenols is 1. The highest BCUT2D eigenvalue weighted by molar-refractivity contribution is 5.95. The maximum Gasteiger partial charge on any atom is 0.322 e. The zero-order valence-corrected chi connectivity index (χ0v) is 14.2. The summed E-state index contributed by atoms with van der Waals surface area (Å²) in [6.07, 6.45) is 2.64. The van der Waals surface area contributed by atoms with Gasteiger partial charge in [-0.05, 0) is 62.4 Å². The van der Waals surface area contributed by atoms with E-state index in [1.165, 1.54) is 5.56 Å². The molecule has 2 aromatic rings. The number of para-hydroxylation sites is 1. The molecule has 0 saturated carbocycles. The molecule has 4 nitrogen and oxygen atoms in total. The normalized spacial score (nSPS) is 17.4. The summed E-state index contributed by atoms with van der Waals surface area (Å²) in [6, 6.07) is 15.6. The Hall–Kier alpha value is -2.49. The molecule has 2 amide bonds. The van der Waals surface area contributed by atoms with Crippen LogP contribution in [0.1, 0.15) is 31.4 Å². The van der Waals surface area contributed by atoms with Gasteiger partial charge in [0.25, 0.3) is 0 Å². The third-order valence-electron chi connectivity index (χ3n) is 4.60. The minimum atomic E-state index is -0.0225. The van der Waals surface area contributed by atoms with Crippen LogP contribution in [0.3, 0.4) is 0 Å². The molecule has 0 saturated heterocycles. The molecule has 0 spiro atoms. The fourth-order valence-corrected chi connectivity index (χ4v) is 3.27. The summed E-state index contributed by atoms with van der Waals surface area (Å²) in [7, 11) is 0. The predicted molar refractivity (Wildman–Crippen MR) is 96.5 cm³/mol. The zero-order chi connectivity index (χ0) is 17.1. The summed E-state index contributed by atoms with van der Waals surface area (Å²) < 4.78 is 0. The summed E-state index contributed by atoms with van der Waals surface area (Å²) in [4.78, 5) is 14.5. The summed E-state index contributed by atoms with van der Waals surface area (Å²) in [5.41, 5.74) is 3.42. The van der Waals surface area contributed by atoms with E-state index in [-0.39, 0.29) is 23.9 Å². The van der Waals surface area contributed by atoms with E-state index >= 15 is 0 Å². The van der Waals surface area contributed by atoms with Gasteiger partial charge in [0.05, 0.1) is 0 Å². The number of hydrogen-bond donors (Lipinski definition) is 2. The van der Waals surface area contributed by atoms with Gasteiger partial charge in [-0.25, -0.2) is 4.79 Å². The van der Waals surface area contributed by atoms with E-state index < -0.39 is 0 Å². The highest BCUT2D eigenvalue weighted by Gasteiger charge is 2.30. The Morgan fingerprint density at radius 3 is 2.71 bits per heavy atom. The number of aryl methyl sites for hydroxylation is 1. The second-order valence-electron chi connectivity index (χ2n) is 6.61. The lowest BCUT2D eigenvalue weighted by Gasteiger charge is -2.25. The fraction of sp³-hybridized carbons (Fsp3) is 0.350. The summed E-state index contributed by atoms with van der Waals surface area (Å²) in [5.74, 6) is 0.279. The van der Waals surface area contributed by atoms with Gasteiger partial charge in [-0.15, -0.1) is 0 Å². The lowest BCUT2D eigenvalue weighted by atomic mass is 10.1. The monoisotopic (exact) mass is 324 g/mol. The van der Waals surface area contributed by atoms with Crippen molar-refractivity contribution in [3.05, 3.63) is 59.7 Å². The molecule has 0 bridgehead atoms. The first-order chi connectivity index (χ1) is 11.5. The molecule has 4 heteroatoms. The van der Waals surface area contributed by atoms with E-state index in [1.807, 2.05) is 42.2 Å². The van der Waals surface area contributed by atoms with Gasteiger partial charge < -0.3 is 10.4 Å². The molecular weight excluding hydrogens is 300 g/mol. The van der Waals surface area contributed by atoms with Crippen molar-refractivity contribution >= 4 is 11.7 Å². The molecule has 1 aliphatic rings. The number of hydrogen-bond acceptors (Lipinski definition) is 2. The van der Waals surface area contributed by atoms with Gasteiger partial charge in [-0.3, -0.25) is 4.90 Å². The Bertz CT molecular complexity index is 712. The minimum absolute atomic E-state index is 0.0225. The Morgan fingerprint density at radius 2 is 1.96 bits per heavy atom. The maximum atomic E-state index is 12.7. The SMILES string of the molecule is CC(CCc1ccc(O)cc1)NC(=O)N1c2ccccc2CC1C. The number of anilines is 1. The summed E-state index contributed by atoms with van der Waals surface area (Å²) in [5, 5.41) is 12.4. The molecule has 24 heavy (non-hydrogen) atoms. The van der Waals surface area contributed by atoms with E-state index in [2.05, 4.69) is 18.3 Å². The van der Waals surface area contributed by atoms with E-state index in [1.54, 1.807) is 12.1 Å². The lowest BCUT2D eigenvalue weighted by Crippen LogP contribution is -2.46. The number of amides is 2. The number of phenolic OH excluding ortho intramolecular Hbond substituents is 1. The van der Waals surface area contributed by atoms with Gasteiger partial charge in [-0.2, -0.15) is 0 Å². The third-order valence-corrected chi connectivity index (χ3v) is 4.60. The van der Waals surface area contributed by atoms with Crippen LogP contribution < -0.4 is 10.2 Å². The van der Waals surface area contributed by atoms with E-state index in [0.717, 1.165) is 30.5 Å².